The Hall–Kier alpha value is -3.36. The number of alkyl halides is 3. The number of hydrogen-bond acceptors (Lipinski definition) is 3. The highest BCUT2D eigenvalue weighted by Crippen LogP contribution is 2.29. The van der Waals surface area contributed by atoms with Gasteiger partial charge in [0.2, 0.25) is 0 Å². The number of nitrogens with one attached hydrogen (secondary N) is 2. The fourth-order valence-electron chi connectivity index (χ4n) is 2.01. The number of carbonyl (C=O) groups excluding carboxylic acids is 2. The number of para-hydroxylation sites is 1. The zero-order chi connectivity index (χ0) is 20.7. The number of carbonyl (C=O) groups is 2. The fraction of sp³-hybridized carbons (Fsp3) is 0.158. The lowest BCUT2D eigenvalue weighted by atomic mass is 10.1. The molecule has 148 valence electrons. The van der Waals surface area contributed by atoms with Crippen LogP contribution in [0.1, 0.15) is 18.1 Å². The first-order chi connectivity index (χ1) is 13.2. The van der Waals surface area contributed by atoms with Crippen LogP contribution in [-0.2, 0) is 15.8 Å². The van der Waals surface area contributed by atoms with Crippen molar-refractivity contribution in [1.29, 1.82) is 0 Å². The van der Waals surface area contributed by atoms with Crippen molar-refractivity contribution in [2.24, 2.45) is 0 Å². The normalized spacial score (nSPS) is 12.5. The molecule has 0 aliphatic rings. The van der Waals surface area contributed by atoms with E-state index in [-0.39, 0.29) is 5.75 Å². The van der Waals surface area contributed by atoms with E-state index in [1.165, 1.54) is 49.4 Å². The number of benzene rings is 2. The third kappa shape index (κ3) is 6.11. The molecule has 0 saturated carbocycles. The second-order valence-electron chi connectivity index (χ2n) is 5.62. The summed E-state index contributed by atoms with van der Waals surface area (Å²) in [6, 6.07) is 9.72. The number of ether oxygens (including phenoxy) is 1. The maximum atomic E-state index is 13.5. The molecule has 2 N–H and O–H groups in total. The van der Waals surface area contributed by atoms with E-state index in [1.807, 2.05) is 0 Å². The van der Waals surface area contributed by atoms with E-state index in [4.69, 9.17) is 4.74 Å². The Balaban J connectivity index is 1.83. The Labute approximate surface area is 158 Å². The van der Waals surface area contributed by atoms with Crippen LogP contribution >= 0.6 is 0 Å². The molecular formula is C19H16F4N2O3. The highest BCUT2D eigenvalue weighted by molar-refractivity contribution is 5.93. The van der Waals surface area contributed by atoms with Gasteiger partial charge in [-0.1, -0.05) is 24.3 Å². The quantitative estimate of drug-likeness (QED) is 0.462. The van der Waals surface area contributed by atoms with Gasteiger partial charge in [-0.25, -0.2) is 4.39 Å². The molecule has 0 aliphatic carbocycles. The molecule has 0 saturated heterocycles. The van der Waals surface area contributed by atoms with Gasteiger partial charge in [-0.15, -0.1) is 0 Å². The monoisotopic (exact) mass is 396 g/mol. The minimum absolute atomic E-state index is 0.112. The summed E-state index contributed by atoms with van der Waals surface area (Å²) in [6.45, 7) is 1.37. The van der Waals surface area contributed by atoms with Crippen LogP contribution in [0.3, 0.4) is 0 Å². The summed E-state index contributed by atoms with van der Waals surface area (Å²) >= 11 is 0. The molecule has 1 atom stereocenters. The summed E-state index contributed by atoms with van der Waals surface area (Å²) in [7, 11) is 0. The van der Waals surface area contributed by atoms with Crippen LogP contribution in [0.25, 0.3) is 6.08 Å². The lowest BCUT2D eigenvalue weighted by Crippen LogP contribution is -2.46. The first kappa shape index (κ1) is 20.9. The van der Waals surface area contributed by atoms with Gasteiger partial charge in [-0.3, -0.25) is 20.4 Å². The number of hydrazine groups is 1. The summed E-state index contributed by atoms with van der Waals surface area (Å²) < 4.78 is 56.1. The predicted molar refractivity (Wildman–Crippen MR) is 93.3 cm³/mol. The van der Waals surface area contributed by atoms with Gasteiger partial charge in [0.15, 0.2) is 17.7 Å². The van der Waals surface area contributed by atoms with E-state index in [1.54, 1.807) is 0 Å². The van der Waals surface area contributed by atoms with Gasteiger partial charge >= 0.3 is 6.18 Å². The lowest BCUT2D eigenvalue weighted by molar-refractivity contribution is -0.137. The van der Waals surface area contributed by atoms with E-state index in [9.17, 15) is 27.2 Å². The van der Waals surface area contributed by atoms with E-state index in [2.05, 4.69) is 10.9 Å². The molecule has 28 heavy (non-hydrogen) atoms. The molecule has 2 amide bonds. The molecule has 0 aromatic heterocycles. The molecule has 9 heteroatoms. The van der Waals surface area contributed by atoms with Crippen molar-refractivity contribution >= 4 is 17.9 Å². The van der Waals surface area contributed by atoms with Crippen molar-refractivity contribution in [1.82, 2.24) is 10.9 Å². The van der Waals surface area contributed by atoms with Gasteiger partial charge in [0, 0.05) is 6.08 Å². The minimum atomic E-state index is -4.44. The first-order valence-electron chi connectivity index (χ1n) is 8.03. The molecule has 0 heterocycles. The molecule has 0 aliphatic heterocycles. The standard InChI is InChI=1S/C19H16F4N2O3/c1-12(28-16-5-3-2-4-15(16)20)18(27)25-24-17(26)11-8-13-6-9-14(10-7-13)19(21,22)23/h2-12H,1H3,(H,24,26)(H,25,27)/b11-8+. The van der Waals surface area contributed by atoms with Crippen LogP contribution in [0.5, 0.6) is 5.75 Å². The number of hydrogen-bond donors (Lipinski definition) is 2. The van der Waals surface area contributed by atoms with Crippen molar-refractivity contribution < 1.29 is 31.9 Å². The highest BCUT2D eigenvalue weighted by Gasteiger charge is 2.29. The van der Waals surface area contributed by atoms with Gasteiger partial charge < -0.3 is 4.74 Å². The average molecular weight is 396 g/mol. The van der Waals surface area contributed by atoms with Crippen LogP contribution in [0.2, 0.25) is 0 Å². The number of amides is 2. The van der Waals surface area contributed by atoms with Gasteiger partial charge in [0.05, 0.1) is 5.56 Å². The summed E-state index contributed by atoms with van der Waals surface area (Å²) in [5.74, 6) is -2.18. The molecule has 5 nitrogen and oxygen atoms in total. The van der Waals surface area contributed by atoms with Crippen molar-refractivity contribution in [2.45, 2.75) is 19.2 Å². The molecular weight excluding hydrogens is 380 g/mol. The van der Waals surface area contributed by atoms with E-state index in [0.29, 0.717) is 5.56 Å². The van der Waals surface area contributed by atoms with Gasteiger partial charge in [0.1, 0.15) is 0 Å². The number of rotatable bonds is 5. The predicted octanol–water partition coefficient (Wildman–Crippen LogP) is 3.47. The first-order valence-corrected chi connectivity index (χ1v) is 8.03. The van der Waals surface area contributed by atoms with E-state index >= 15 is 0 Å². The Morgan fingerprint density at radius 3 is 2.29 bits per heavy atom. The zero-order valence-corrected chi connectivity index (χ0v) is 14.6. The van der Waals surface area contributed by atoms with Crippen LogP contribution in [0, 0.1) is 5.82 Å². The highest BCUT2D eigenvalue weighted by atomic mass is 19.4. The van der Waals surface area contributed by atoms with Gasteiger partial charge in [-0.05, 0) is 42.8 Å². The van der Waals surface area contributed by atoms with Crippen LogP contribution < -0.4 is 15.6 Å². The largest absolute Gasteiger partial charge is 0.478 e. The average Bonchev–Trinajstić information content (AvgIpc) is 2.65. The van der Waals surface area contributed by atoms with Crippen LogP contribution in [-0.4, -0.2) is 17.9 Å². The second kappa shape index (κ2) is 9.03. The Morgan fingerprint density at radius 2 is 1.68 bits per heavy atom. The Bertz CT molecular complexity index is 864. The van der Waals surface area contributed by atoms with Crippen LogP contribution in [0.4, 0.5) is 17.6 Å². The lowest BCUT2D eigenvalue weighted by Gasteiger charge is -2.15. The van der Waals surface area contributed by atoms with Crippen LogP contribution in [0.15, 0.2) is 54.6 Å². The molecule has 0 radical (unpaired) electrons. The molecule has 2 aromatic rings. The molecule has 2 aromatic carbocycles. The summed E-state index contributed by atoms with van der Waals surface area (Å²) in [4.78, 5) is 23.6. The van der Waals surface area contributed by atoms with Gasteiger partial charge in [0.25, 0.3) is 11.8 Å². The molecule has 1 unspecified atom stereocenters. The SMILES string of the molecule is CC(Oc1ccccc1F)C(=O)NNC(=O)/C=C/c1ccc(C(F)(F)F)cc1. The van der Waals surface area contributed by atoms with Crippen molar-refractivity contribution in [3.8, 4) is 5.75 Å². The number of halogens is 4. The van der Waals surface area contributed by atoms with E-state index < -0.39 is 35.5 Å². The third-order valence-electron chi connectivity index (χ3n) is 3.48. The molecule has 0 spiro atoms. The summed E-state index contributed by atoms with van der Waals surface area (Å²) in [5, 5.41) is 0. The molecule has 0 fully saturated rings. The minimum Gasteiger partial charge on any atom is -0.478 e. The van der Waals surface area contributed by atoms with Crippen molar-refractivity contribution in [3.05, 3.63) is 71.6 Å². The second-order valence-corrected chi connectivity index (χ2v) is 5.62. The van der Waals surface area contributed by atoms with Crippen molar-refractivity contribution in [2.75, 3.05) is 0 Å². The van der Waals surface area contributed by atoms with Gasteiger partial charge in [-0.2, -0.15) is 13.2 Å². The smallest absolute Gasteiger partial charge is 0.416 e. The Kier molecular flexibility index (Phi) is 6.75. The maximum absolute atomic E-state index is 13.5. The van der Waals surface area contributed by atoms with E-state index in [0.717, 1.165) is 18.2 Å². The summed E-state index contributed by atoms with van der Waals surface area (Å²) in [6.07, 6.45) is -3.21. The summed E-state index contributed by atoms with van der Waals surface area (Å²) in [5.41, 5.74) is 3.76. The Morgan fingerprint density at radius 1 is 1.04 bits per heavy atom. The molecule has 2 rings (SSSR count). The van der Waals surface area contributed by atoms with Crippen molar-refractivity contribution in [3.63, 3.8) is 0 Å². The maximum Gasteiger partial charge on any atom is 0.416 e. The third-order valence-corrected chi connectivity index (χ3v) is 3.48. The zero-order valence-electron chi connectivity index (χ0n) is 14.6. The topological polar surface area (TPSA) is 67.4 Å². The molecule has 0 bridgehead atoms. The fourth-order valence-corrected chi connectivity index (χ4v) is 2.01.